The summed E-state index contributed by atoms with van der Waals surface area (Å²) in [6.45, 7) is 7.07. The van der Waals surface area contributed by atoms with Crippen molar-refractivity contribution in [3.8, 4) is 5.75 Å². The van der Waals surface area contributed by atoms with Gasteiger partial charge >= 0.3 is 0 Å². The molecule has 1 aliphatic heterocycles. The summed E-state index contributed by atoms with van der Waals surface area (Å²) < 4.78 is 40.6. The normalized spacial score (nSPS) is 16.4. The second-order valence-electron chi connectivity index (χ2n) is 10.1. The molecule has 7 nitrogen and oxygen atoms in total. The number of sulfonamides is 1. The molecule has 0 bridgehead atoms. The second-order valence-corrected chi connectivity index (χ2v) is 12.0. The number of amides is 1. The Morgan fingerprint density at radius 1 is 0.973 bits per heavy atom. The summed E-state index contributed by atoms with van der Waals surface area (Å²) in [6, 6.07) is 11.2. The van der Waals surface area contributed by atoms with Gasteiger partial charge in [0.15, 0.2) is 0 Å². The molecule has 0 aliphatic carbocycles. The second kappa shape index (κ2) is 13.4. The molecule has 0 unspecified atom stereocenters. The van der Waals surface area contributed by atoms with Crippen LogP contribution in [0.15, 0.2) is 41.3 Å². The number of methoxy groups -OCH3 is 2. The van der Waals surface area contributed by atoms with Crippen molar-refractivity contribution in [3.63, 3.8) is 0 Å². The fourth-order valence-corrected chi connectivity index (χ4v) is 6.65. The van der Waals surface area contributed by atoms with Crippen LogP contribution in [0.2, 0.25) is 0 Å². The Hall–Kier alpha value is -2.42. The number of benzene rings is 2. The van der Waals surface area contributed by atoms with Crippen LogP contribution in [0.25, 0.3) is 0 Å². The average Bonchev–Trinajstić information content (AvgIpc) is 2.88. The van der Waals surface area contributed by atoms with E-state index in [1.807, 2.05) is 51.1 Å². The van der Waals surface area contributed by atoms with E-state index in [4.69, 9.17) is 9.47 Å². The number of hydrogen-bond acceptors (Lipinski definition) is 5. The third kappa shape index (κ3) is 7.12. The zero-order valence-electron chi connectivity index (χ0n) is 23.0. The topological polar surface area (TPSA) is 76.2 Å². The van der Waals surface area contributed by atoms with Gasteiger partial charge in [0, 0.05) is 32.4 Å². The standard InChI is InChI=1S/C29H42N2O5S/c1-22(2)25-19-28(23(3)18-27(25)36-5)37(33,34)30-16-12-8-6-7-9-13-17-31(29(32)21-35-4)26-15-11-10-14-24(26)20-30/h10-11,14-15,18-19,22H,6-9,12-13,16-17,20-21H2,1-5H3. The van der Waals surface area contributed by atoms with Crippen molar-refractivity contribution in [2.45, 2.75) is 76.7 Å². The van der Waals surface area contributed by atoms with Gasteiger partial charge in [-0.2, -0.15) is 4.31 Å². The molecule has 0 fully saturated rings. The van der Waals surface area contributed by atoms with Gasteiger partial charge in [-0.3, -0.25) is 4.79 Å². The molecule has 8 heteroatoms. The lowest BCUT2D eigenvalue weighted by atomic mass is 10.0. The van der Waals surface area contributed by atoms with Crippen LogP contribution in [0, 0.1) is 6.92 Å². The van der Waals surface area contributed by atoms with Gasteiger partial charge in [0.1, 0.15) is 12.4 Å². The third-order valence-electron chi connectivity index (χ3n) is 7.00. The molecular formula is C29H42N2O5S. The van der Waals surface area contributed by atoms with E-state index in [0.29, 0.717) is 29.3 Å². The molecule has 0 atom stereocenters. The lowest BCUT2D eigenvalue weighted by Gasteiger charge is -2.28. The van der Waals surface area contributed by atoms with E-state index in [2.05, 4.69) is 0 Å². The van der Waals surface area contributed by atoms with Crippen molar-refractivity contribution in [2.24, 2.45) is 0 Å². The Bertz CT molecular complexity index is 1160. The number of fused-ring (bicyclic) bond motifs is 1. The lowest BCUT2D eigenvalue weighted by Crippen LogP contribution is -2.37. The van der Waals surface area contributed by atoms with Gasteiger partial charge in [-0.05, 0) is 60.6 Å². The zero-order chi connectivity index (χ0) is 27.0. The summed E-state index contributed by atoms with van der Waals surface area (Å²) in [5.41, 5.74) is 3.09. The molecule has 1 aliphatic rings. The minimum Gasteiger partial charge on any atom is -0.496 e. The minimum absolute atomic E-state index is 0.0145. The van der Waals surface area contributed by atoms with Crippen LogP contribution in [0.4, 0.5) is 5.69 Å². The molecule has 0 aromatic heterocycles. The summed E-state index contributed by atoms with van der Waals surface area (Å²) in [4.78, 5) is 15.1. The molecule has 2 aromatic rings. The fraction of sp³-hybridized carbons (Fsp3) is 0.552. The van der Waals surface area contributed by atoms with Crippen molar-refractivity contribution in [2.75, 3.05) is 38.8 Å². The summed E-state index contributed by atoms with van der Waals surface area (Å²) >= 11 is 0. The molecule has 204 valence electrons. The number of nitrogens with zero attached hydrogens (tertiary/aromatic N) is 2. The predicted molar refractivity (Wildman–Crippen MR) is 148 cm³/mol. The van der Waals surface area contributed by atoms with E-state index >= 15 is 0 Å². The smallest absolute Gasteiger partial charge is 0.252 e. The first kappa shape index (κ1) is 29.1. The highest BCUT2D eigenvalue weighted by Gasteiger charge is 2.29. The number of rotatable bonds is 6. The SMILES string of the molecule is COCC(=O)N1CCCCCCCCN(S(=O)(=O)c2cc(C(C)C)c(OC)cc2C)Cc2ccccc21. The first-order valence-electron chi connectivity index (χ1n) is 13.3. The quantitative estimate of drug-likeness (QED) is 0.482. The van der Waals surface area contributed by atoms with Gasteiger partial charge in [0.05, 0.1) is 12.0 Å². The summed E-state index contributed by atoms with van der Waals surface area (Å²) in [6.07, 6.45) is 5.81. The number of anilines is 1. The van der Waals surface area contributed by atoms with Gasteiger partial charge < -0.3 is 14.4 Å². The van der Waals surface area contributed by atoms with E-state index in [9.17, 15) is 13.2 Å². The molecule has 0 radical (unpaired) electrons. The Labute approximate surface area is 222 Å². The van der Waals surface area contributed by atoms with E-state index < -0.39 is 10.0 Å². The molecule has 1 heterocycles. The van der Waals surface area contributed by atoms with Crippen LogP contribution in [0.3, 0.4) is 0 Å². The number of para-hydroxylation sites is 1. The van der Waals surface area contributed by atoms with Crippen LogP contribution < -0.4 is 9.64 Å². The number of carbonyl (C=O) groups is 1. The monoisotopic (exact) mass is 530 g/mol. The maximum atomic E-state index is 14.2. The zero-order valence-corrected chi connectivity index (χ0v) is 23.8. The molecule has 0 saturated heterocycles. The summed E-state index contributed by atoms with van der Waals surface area (Å²) in [5.74, 6) is 0.696. The van der Waals surface area contributed by atoms with Gasteiger partial charge in [0.2, 0.25) is 10.0 Å². The highest BCUT2D eigenvalue weighted by molar-refractivity contribution is 7.89. The minimum atomic E-state index is -3.81. The molecule has 37 heavy (non-hydrogen) atoms. The first-order valence-corrected chi connectivity index (χ1v) is 14.7. The fourth-order valence-electron chi connectivity index (χ4n) is 4.95. The maximum absolute atomic E-state index is 14.2. The van der Waals surface area contributed by atoms with Crippen molar-refractivity contribution >= 4 is 21.6 Å². The maximum Gasteiger partial charge on any atom is 0.252 e. The van der Waals surface area contributed by atoms with Gasteiger partial charge in [0.25, 0.3) is 5.91 Å². The summed E-state index contributed by atoms with van der Waals surface area (Å²) in [5, 5.41) is 0. The van der Waals surface area contributed by atoms with Crippen LogP contribution in [0.1, 0.15) is 75.0 Å². The van der Waals surface area contributed by atoms with Gasteiger partial charge in [-0.25, -0.2) is 8.42 Å². The highest BCUT2D eigenvalue weighted by atomic mass is 32.2. The van der Waals surface area contributed by atoms with Gasteiger partial charge in [-0.15, -0.1) is 0 Å². The predicted octanol–water partition coefficient (Wildman–Crippen LogP) is 5.65. The Morgan fingerprint density at radius 2 is 1.62 bits per heavy atom. The molecule has 0 spiro atoms. The Balaban J connectivity index is 2.09. The third-order valence-corrected chi connectivity index (χ3v) is 8.99. The average molecular weight is 531 g/mol. The largest absolute Gasteiger partial charge is 0.496 e. The van der Waals surface area contributed by atoms with E-state index in [1.54, 1.807) is 22.4 Å². The number of carbonyl (C=O) groups excluding carboxylic acids is 1. The molecule has 3 rings (SSSR count). The lowest BCUT2D eigenvalue weighted by molar-refractivity contribution is -0.122. The highest BCUT2D eigenvalue weighted by Crippen LogP contribution is 2.34. The van der Waals surface area contributed by atoms with Crippen LogP contribution >= 0.6 is 0 Å². The van der Waals surface area contributed by atoms with Crippen LogP contribution in [-0.2, 0) is 26.1 Å². The molecular weight excluding hydrogens is 488 g/mol. The van der Waals surface area contributed by atoms with Crippen molar-refractivity contribution in [1.29, 1.82) is 0 Å². The van der Waals surface area contributed by atoms with E-state index in [1.165, 1.54) is 7.11 Å². The van der Waals surface area contributed by atoms with Crippen molar-refractivity contribution in [3.05, 3.63) is 53.1 Å². The Kier molecular flexibility index (Phi) is 10.6. The molecule has 1 amide bonds. The van der Waals surface area contributed by atoms with Crippen LogP contribution in [0.5, 0.6) is 5.75 Å². The first-order chi connectivity index (χ1) is 17.7. The summed E-state index contributed by atoms with van der Waals surface area (Å²) in [7, 11) is -0.685. The van der Waals surface area contributed by atoms with Crippen LogP contribution in [-0.4, -0.2) is 52.5 Å². The van der Waals surface area contributed by atoms with Gasteiger partial charge in [-0.1, -0.05) is 57.7 Å². The van der Waals surface area contributed by atoms with Crippen molar-refractivity contribution in [1.82, 2.24) is 4.31 Å². The molecule has 0 saturated carbocycles. The van der Waals surface area contributed by atoms with Crippen molar-refractivity contribution < 1.29 is 22.7 Å². The number of ether oxygens (including phenoxy) is 2. The van der Waals surface area contributed by atoms with E-state index in [0.717, 1.165) is 55.3 Å². The number of hydrogen-bond donors (Lipinski definition) is 0. The Morgan fingerprint density at radius 3 is 2.27 bits per heavy atom. The van der Waals surface area contributed by atoms with E-state index in [-0.39, 0.29) is 25.0 Å². The number of aryl methyl sites for hydroxylation is 1. The molecule has 2 aromatic carbocycles. The molecule has 0 N–H and O–H groups in total.